The number of hydrogen-bond donors (Lipinski definition) is 0. The van der Waals surface area contributed by atoms with Gasteiger partial charge in [0.25, 0.3) is 0 Å². The van der Waals surface area contributed by atoms with Crippen LogP contribution in [-0.2, 0) is 23.8 Å². The zero-order chi connectivity index (χ0) is 52.0. The molecule has 5 heteroatoms. The second-order valence-corrected chi connectivity index (χ2v) is 22.0. The van der Waals surface area contributed by atoms with Gasteiger partial charge < -0.3 is 14.2 Å². The molecule has 0 rings (SSSR count). The van der Waals surface area contributed by atoms with Gasteiger partial charge >= 0.3 is 11.9 Å². The van der Waals surface area contributed by atoms with Crippen molar-refractivity contribution >= 4 is 11.9 Å². The van der Waals surface area contributed by atoms with E-state index in [9.17, 15) is 9.59 Å². The average Bonchev–Trinajstić information content (AvgIpc) is 3.38. The Balaban J connectivity index is 4.24. The summed E-state index contributed by atoms with van der Waals surface area (Å²) in [7, 11) is 0. The first kappa shape index (κ1) is 70.1. The summed E-state index contributed by atoms with van der Waals surface area (Å²) in [6.07, 6.45) is 79.0. The van der Waals surface area contributed by atoms with Crippen LogP contribution in [0.15, 0.2) is 36.5 Å². The predicted molar refractivity (Wildman–Crippen MR) is 316 cm³/mol. The van der Waals surface area contributed by atoms with E-state index in [1.165, 1.54) is 283 Å². The molecule has 0 aromatic carbocycles. The highest BCUT2D eigenvalue weighted by atomic mass is 16.6. The number of rotatable bonds is 61. The maximum atomic E-state index is 12.9. The van der Waals surface area contributed by atoms with Gasteiger partial charge in [0.2, 0.25) is 0 Å². The Morgan fingerprint density at radius 1 is 0.292 bits per heavy atom. The first-order chi connectivity index (χ1) is 35.6. The predicted octanol–water partition coefficient (Wildman–Crippen LogP) is 22.5. The molecule has 0 bridgehead atoms. The molecule has 0 amide bonds. The second-order valence-electron chi connectivity index (χ2n) is 22.0. The Morgan fingerprint density at radius 3 is 0.847 bits per heavy atom. The van der Waals surface area contributed by atoms with Gasteiger partial charge in [-0.3, -0.25) is 9.59 Å². The molecular formula is C67H126O5. The number of esters is 2. The van der Waals surface area contributed by atoms with Gasteiger partial charge in [-0.05, 0) is 96.3 Å². The first-order valence-corrected chi connectivity index (χ1v) is 32.5. The Labute approximate surface area is 450 Å². The van der Waals surface area contributed by atoms with Gasteiger partial charge in [0, 0.05) is 19.4 Å². The number of allylic oxidation sites excluding steroid dienone is 6. The van der Waals surface area contributed by atoms with Crippen molar-refractivity contribution in [1.82, 2.24) is 0 Å². The van der Waals surface area contributed by atoms with Crippen molar-refractivity contribution in [3.63, 3.8) is 0 Å². The van der Waals surface area contributed by atoms with Crippen LogP contribution in [0.2, 0.25) is 0 Å². The van der Waals surface area contributed by atoms with Crippen LogP contribution in [0.3, 0.4) is 0 Å². The first-order valence-electron chi connectivity index (χ1n) is 32.5. The molecular weight excluding hydrogens is 885 g/mol. The largest absolute Gasteiger partial charge is 0.462 e. The summed E-state index contributed by atoms with van der Waals surface area (Å²) in [5, 5.41) is 0. The topological polar surface area (TPSA) is 61.8 Å². The van der Waals surface area contributed by atoms with Crippen molar-refractivity contribution < 1.29 is 23.8 Å². The maximum absolute atomic E-state index is 12.9. The summed E-state index contributed by atoms with van der Waals surface area (Å²) in [5.41, 5.74) is 0. The maximum Gasteiger partial charge on any atom is 0.306 e. The lowest BCUT2D eigenvalue weighted by atomic mass is 10.1. The standard InChI is InChI=1S/C67H126O5/c1-4-7-10-13-16-19-22-25-28-31-34-36-39-42-45-48-51-54-57-60-66(68)71-64-65(63-70-62-59-56-53-50-47-44-41-38-33-30-27-24-21-18-15-12-9-6-3)72-67(69)61-58-55-52-49-46-43-40-37-35-32-29-26-23-20-17-14-11-8-5-2/h25-30,65H,4-24,31-64H2,1-3H3/b28-25-,29-26-,30-27-. The zero-order valence-corrected chi connectivity index (χ0v) is 49.0. The van der Waals surface area contributed by atoms with Crippen LogP contribution in [0.5, 0.6) is 0 Å². The lowest BCUT2D eigenvalue weighted by Crippen LogP contribution is -2.30. The molecule has 0 spiro atoms. The molecule has 0 aliphatic heterocycles. The van der Waals surface area contributed by atoms with Crippen LogP contribution in [-0.4, -0.2) is 37.9 Å². The van der Waals surface area contributed by atoms with E-state index in [2.05, 4.69) is 57.2 Å². The molecule has 72 heavy (non-hydrogen) atoms. The van der Waals surface area contributed by atoms with E-state index in [0.29, 0.717) is 19.4 Å². The summed E-state index contributed by atoms with van der Waals surface area (Å²) >= 11 is 0. The summed E-state index contributed by atoms with van der Waals surface area (Å²) in [6.45, 7) is 7.88. The van der Waals surface area contributed by atoms with Gasteiger partial charge in [0.05, 0.1) is 6.61 Å². The molecule has 0 aromatic rings. The summed E-state index contributed by atoms with van der Waals surface area (Å²) in [5.74, 6) is -0.381. The molecule has 0 saturated carbocycles. The van der Waals surface area contributed by atoms with Crippen LogP contribution < -0.4 is 0 Å². The van der Waals surface area contributed by atoms with Gasteiger partial charge in [-0.25, -0.2) is 0 Å². The fourth-order valence-corrected chi connectivity index (χ4v) is 9.73. The highest BCUT2D eigenvalue weighted by Gasteiger charge is 2.18. The van der Waals surface area contributed by atoms with E-state index in [0.717, 1.165) is 38.5 Å². The monoisotopic (exact) mass is 1010 g/mol. The molecule has 0 saturated heterocycles. The van der Waals surface area contributed by atoms with Crippen LogP contribution in [0.1, 0.15) is 355 Å². The number of carbonyl (C=O) groups is 2. The van der Waals surface area contributed by atoms with E-state index in [-0.39, 0.29) is 25.2 Å². The third-order valence-electron chi connectivity index (χ3n) is 14.6. The number of hydrogen-bond acceptors (Lipinski definition) is 5. The van der Waals surface area contributed by atoms with Gasteiger partial charge in [0.15, 0.2) is 6.10 Å². The molecule has 5 nitrogen and oxygen atoms in total. The van der Waals surface area contributed by atoms with Crippen molar-refractivity contribution in [3.8, 4) is 0 Å². The zero-order valence-electron chi connectivity index (χ0n) is 49.0. The minimum Gasteiger partial charge on any atom is -0.462 e. The molecule has 0 radical (unpaired) electrons. The fraction of sp³-hybridized carbons (Fsp3) is 0.881. The van der Waals surface area contributed by atoms with E-state index >= 15 is 0 Å². The second kappa shape index (κ2) is 63.4. The SMILES string of the molecule is CCCCCCCC/C=C\CCCCCCCCCCCC(=O)OCC(COCCCCCCCCCC/C=C\CCCCCCCC)OC(=O)CCCCCCCCCCC/C=C\CCCCCCCC. The van der Waals surface area contributed by atoms with Gasteiger partial charge in [-0.1, -0.05) is 282 Å². The van der Waals surface area contributed by atoms with E-state index < -0.39 is 6.10 Å². The van der Waals surface area contributed by atoms with Gasteiger partial charge in [-0.15, -0.1) is 0 Å². The molecule has 1 atom stereocenters. The normalized spacial score (nSPS) is 12.3. The van der Waals surface area contributed by atoms with Crippen molar-refractivity contribution in [2.24, 2.45) is 0 Å². The summed E-state index contributed by atoms with van der Waals surface area (Å²) in [4.78, 5) is 25.6. The smallest absolute Gasteiger partial charge is 0.306 e. The lowest BCUT2D eigenvalue weighted by Gasteiger charge is -2.18. The van der Waals surface area contributed by atoms with Gasteiger partial charge in [-0.2, -0.15) is 0 Å². The van der Waals surface area contributed by atoms with E-state index in [1.54, 1.807) is 0 Å². The fourth-order valence-electron chi connectivity index (χ4n) is 9.73. The van der Waals surface area contributed by atoms with Gasteiger partial charge in [0.1, 0.15) is 6.61 Å². The molecule has 0 aliphatic carbocycles. The minimum absolute atomic E-state index is 0.0872. The quantitative estimate of drug-likeness (QED) is 0.0345. The Bertz CT molecular complexity index is 1140. The summed E-state index contributed by atoms with van der Waals surface area (Å²) in [6, 6.07) is 0. The van der Waals surface area contributed by atoms with Crippen LogP contribution in [0.25, 0.3) is 0 Å². The Morgan fingerprint density at radius 2 is 0.542 bits per heavy atom. The highest BCUT2D eigenvalue weighted by Crippen LogP contribution is 2.17. The van der Waals surface area contributed by atoms with E-state index in [1.807, 2.05) is 0 Å². The summed E-state index contributed by atoms with van der Waals surface area (Å²) < 4.78 is 17.6. The minimum atomic E-state index is -0.538. The molecule has 0 aliphatic rings. The third-order valence-corrected chi connectivity index (χ3v) is 14.6. The molecule has 0 N–H and O–H groups in total. The number of unbranched alkanes of at least 4 members (excludes halogenated alkanes) is 44. The van der Waals surface area contributed by atoms with Crippen LogP contribution in [0, 0.1) is 0 Å². The highest BCUT2D eigenvalue weighted by molar-refractivity contribution is 5.70. The lowest BCUT2D eigenvalue weighted by molar-refractivity contribution is -0.163. The Hall–Kier alpha value is -1.88. The van der Waals surface area contributed by atoms with Crippen molar-refractivity contribution in [3.05, 3.63) is 36.5 Å². The molecule has 0 aromatic heterocycles. The van der Waals surface area contributed by atoms with Crippen molar-refractivity contribution in [1.29, 1.82) is 0 Å². The number of carbonyl (C=O) groups excluding carboxylic acids is 2. The van der Waals surface area contributed by atoms with Crippen LogP contribution >= 0.6 is 0 Å². The Kier molecular flexibility index (Phi) is 61.8. The molecule has 1 unspecified atom stereocenters. The van der Waals surface area contributed by atoms with Crippen molar-refractivity contribution in [2.45, 2.75) is 361 Å². The molecule has 0 heterocycles. The third kappa shape index (κ3) is 60.7. The number of ether oxygens (including phenoxy) is 3. The molecule has 424 valence electrons. The van der Waals surface area contributed by atoms with Crippen molar-refractivity contribution in [2.75, 3.05) is 19.8 Å². The van der Waals surface area contributed by atoms with Crippen LogP contribution in [0.4, 0.5) is 0 Å². The van der Waals surface area contributed by atoms with E-state index in [4.69, 9.17) is 14.2 Å². The average molecular weight is 1010 g/mol. The molecule has 0 fully saturated rings.